The fraction of sp³-hybridized carbons (Fsp3) is 0.500. The third-order valence-electron chi connectivity index (χ3n) is 2.41. The average Bonchev–Trinajstić information content (AvgIpc) is 2.24. The second kappa shape index (κ2) is 7.10. The van der Waals surface area contributed by atoms with Crippen molar-refractivity contribution in [1.29, 1.82) is 0 Å². The molecule has 1 N–H and O–H groups in total. The van der Waals surface area contributed by atoms with Gasteiger partial charge in [0.25, 0.3) is 0 Å². The fourth-order valence-corrected chi connectivity index (χ4v) is 1.89. The van der Waals surface area contributed by atoms with Crippen molar-refractivity contribution in [3.8, 4) is 0 Å². The summed E-state index contributed by atoms with van der Waals surface area (Å²) in [6, 6.07) is 4.86. The molecular weight excluding hydrogens is 248 g/mol. The molecule has 1 unspecified atom stereocenters. The zero-order chi connectivity index (χ0) is 12.0. The summed E-state index contributed by atoms with van der Waals surface area (Å²) in [5, 5.41) is 3.43. The minimum atomic E-state index is -0.366. The third-order valence-corrected chi connectivity index (χ3v) is 2.93. The summed E-state index contributed by atoms with van der Waals surface area (Å²) in [5.41, 5.74) is 0.903. The van der Waals surface area contributed by atoms with Crippen molar-refractivity contribution < 1.29 is 4.39 Å². The monoisotopic (exact) mass is 263 g/mol. The molecule has 1 aromatic carbocycles. The Balaban J connectivity index is 2.34. The summed E-state index contributed by atoms with van der Waals surface area (Å²) < 4.78 is 13.1. The zero-order valence-corrected chi connectivity index (χ0v) is 10.8. The van der Waals surface area contributed by atoms with E-state index in [-0.39, 0.29) is 10.8 Å². The Labute approximate surface area is 106 Å². The topological polar surface area (TPSA) is 12.0 Å². The van der Waals surface area contributed by atoms with Crippen LogP contribution in [0, 0.1) is 11.7 Å². The molecule has 1 aromatic rings. The lowest BCUT2D eigenvalue weighted by Gasteiger charge is -2.11. The number of halogens is 3. The molecule has 0 spiro atoms. The van der Waals surface area contributed by atoms with Gasteiger partial charge in [0.05, 0.1) is 5.02 Å². The maximum atomic E-state index is 13.1. The van der Waals surface area contributed by atoms with Gasteiger partial charge in [0.15, 0.2) is 0 Å². The smallest absolute Gasteiger partial charge is 0.142 e. The van der Waals surface area contributed by atoms with E-state index in [0.29, 0.717) is 18.3 Å². The Morgan fingerprint density at radius 1 is 1.44 bits per heavy atom. The number of alkyl halides is 1. The lowest BCUT2D eigenvalue weighted by atomic mass is 10.1. The summed E-state index contributed by atoms with van der Waals surface area (Å²) in [4.78, 5) is 0. The van der Waals surface area contributed by atoms with Crippen LogP contribution >= 0.6 is 23.2 Å². The molecule has 0 saturated heterocycles. The molecular formula is C12H16Cl2FN. The van der Waals surface area contributed by atoms with Crippen molar-refractivity contribution in [1.82, 2.24) is 5.32 Å². The van der Waals surface area contributed by atoms with Crippen molar-refractivity contribution in [3.05, 3.63) is 34.6 Å². The molecule has 0 aliphatic heterocycles. The molecule has 0 heterocycles. The van der Waals surface area contributed by atoms with Gasteiger partial charge in [0.2, 0.25) is 0 Å². The van der Waals surface area contributed by atoms with E-state index in [4.69, 9.17) is 23.2 Å². The van der Waals surface area contributed by atoms with Gasteiger partial charge in [0, 0.05) is 12.4 Å². The number of hydrogen-bond acceptors (Lipinski definition) is 1. The van der Waals surface area contributed by atoms with Crippen LogP contribution in [0.5, 0.6) is 0 Å². The molecule has 0 aliphatic rings. The van der Waals surface area contributed by atoms with E-state index in [1.807, 2.05) is 6.07 Å². The van der Waals surface area contributed by atoms with Gasteiger partial charge in [-0.1, -0.05) is 24.6 Å². The Morgan fingerprint density at radius 2 is 2.19 bits per heavy atom. The Hall–Kier alpha value is -0.310. The highest BCUT2D eigenvalue weighted by Crippen LogP contribution is 2.15. The lowest BCUT2D eigenvalue weighted by molar-refractivity contribution is 0.501. The van der Waals surface area contributed by atoms with Crippen LogP contribution < -0.4 is 5.32 Å². The SMILES string of the molecule is CC(CCCl)CNCc1ccc(Cl)c(F)c1. The minimum Gasteiger partial charge on any atom is -0.312 e. The highest BCUT2D eigenvalue weighted by atomic mass is 35.5. The van der Waals surface area contributed by atoms with Crippen LogP contribution in [-0.4, -0.2) is 12.4 Å². The molecule has 0 aliphatic carbocycles. The largest absolute Gasteiger partial charge is 0.312 e. The van der Waals surface area contributed by atoms with Gasteiger partial charge in [-0.2, -0.15) is 0 Å². The van der Waals surface area contributed by atoms with Crippen LogP contribution in [0.25, 0.3) is 0 Å². The molecule has 90 valence electrons. The van der Waals surface area contributed by atoms with Crippen molar-refractivity contribution in [2.24, 2.45) is 5.92 Å². The van der Waals surface area contributed by atoms with Crippen LogP contribution in [0.15, 0.2) is 18.2 Å². The third kappa shape index (κ3) is 4.69. The molecule has 1 rings (SSSR count). The highest BCUT2D eigenvalue weighted by Gasteiger charge is 2.03. The standard InChI is InChI=1S/C12H16Cl2FN/c1-9(4-5-13)7-16-8-10-2-3-11(14)12(15)6-10/h2-3,6,9,16H,4-5,7-8H2,1H3. The lowest BCUT2D eigenvalue weighted by Crippen LogP contribution is -2.21. The number of benzene rings is 1. The van der Waals surface area contributed by atoms with Crippen molar-refractivity contribution in [2.45, 2.75) is 19.9 Å². The van der Waals surface area contributed by atoms with E-state index in [1.54, 1.807) is 6.07 Å². The first-order valence-corrected chi connectivity index (χ1v) is 6.25. The average molecular weight is 264 g/mol. The molecule has 16 heavy (non-hydrogen) atoms. The normalized spacial score (nSPS) is 12.8. The van der Waals surface area contributed by atoms with Gasteiger partial charge in [-0.25, -0.2) is 4.39 Å². The summed E-state index contributed by atoms with van der Waals surface area (Å²) in [5.74, 6) is 0.850. The van der Waals surface area contributed by atoms with E-state index >= 15 is 0 Å². The van der Waals surface area contributed by atoms with Crippen LogP contribution in [0.3, 0.4) is 0 Å². The van der Waals surface area contributed by atoms with Crippen molar-refractivity contribution >= 4 is 23.2 Å². The van der Waals surface area contributed by atoms with Gasteiger partial charge in [-0.3, -0.25) is 0 Å². The van der Waals surface area contributed by atoms with E-state index in [1.165, 1.54) is 6.07 Å². The number of hydrogen-bond donors (Lipinski definition) is 1. The molecule has 4 heteroatoms. The second-order valence-electron chi connectivity index (χ2n) is 3.96. The number of nitrogens with one attached hydrogen (secondary N) is 1. The van der Waals surface area contributed by atoms with E-state index < -0.39 is 0 Å². The van der Waals surface area contributed by atoms with Gasteiger partial charge in [-0.05, 0) is 36.6 Å². The first kappa shape index (κ1) is 13.8. The Kier molecular flexibility index (Phi) is 6.10. The Bertz CT molecular complexity index is 331. The molecule has 0 saturated carbocycles. The summed E-state index contributed by atoms with van der Waals surface area (Å²) >= 11 is 11.2. The molecule has 0 radical (unpaired) electrons. The Morgan fingerprint density at radius 3 is 2.81 bits per heavy atom. The quantitative estimate of drug-likeness (QED) is 0.770. The van der Waals surface area contributed by atoms with Crippen LogP contribution in [0.1, 0.15) is 18.9 Å². The molecule has 0 amide bonds. The minimum absolute atomic E-state index is 0.166. The predicted molar refractivity (Wildman–Crippen MR) is 67.6 cm³/mol. The highest BCUT2D eigenvalue weighted by molar-refractivity contribution is 6.30. The summed E-state index contributed by atoms with van der Waals surface area (Å²) in [7, 11) is 0. The van der Waals surface area contributed by atoms with Crippen molar-refractivity contribution in [2.75, 3.05) is 12.4 Å². The van der Waals surface area contributed by atoms with E-state index in [9.17, 15) is 4.39 Å². The maximum absolute atomic E-state index is 13.1. The van der Waals surface area contributed by atoms with Crippen LogP contribution in [-0.2, 0) is 6.54 Å². The molecule has 0 aromatic heterocycles. The zero-order valence-electron chi connectivity index (χ0n) is 9.27. The van der Waals surface area contributed by atoms with Gasteiger partial charge >= 0.3 is 0 Å². The van der Waals surface area contributed by atoms with Crippen molar-refractivity contribution in [3.63, 3.8) is 0 Å². The van der Waals surface area contributed by atoms with Gasteiger partial charge in [0.1, 0.15) is 5.82 Å². The fourth-order valence-electron chi connectivity index (χ4n) is 1.40. The van der Waals surface area contributed by atoms with Crippen LogP contribution in [0.2, 0.25) is 5.02 Å². The molecule has 0 bridgehead atoms. The van der Waals surface area contributed by atoms with Gasteiger partial charge in [-0.15, -0.1) is 11.6 Å². The van der Waals surface area contributed by atoms with Gasteiger partial charge < -0.3 is 5.32 Å². The predicted octanol–water partition coefficient (Wildman–Crippen LogP) is 3.83. The summed E-state index contributed by atoms with van der Waals surface area (Å²) in [6.45, 7) is 3.68. The van der Waals surface area contributed by atoms with E-state index in [2.05, 4.69) is 12.2 Å². The summed E-state index contributed by atoms with van der Waals surface area (Å²) in [6.07, 6.45) is 0.990. The molecule has 0 fully saturated rings. The first-order valence-electron chi connectivity index (χ1n) is 5.34. The number of rotatable bonds is 6. The first-order chi connectivity index (χ1) is 7.63. The molecule has 1 atom stereocenters. The maximum Gasteiger partial charge on any atom is 0.142 e. The van der Waals surface area contributed by atoms with Crippen LogP contribution in [0.4, 0.5) is 4.39 Å². The second-order valence-corrected chi connectivity index (χ2v) is 4.75. The van der Waals surface area contributed by atoms with E-state index in [0.717, 1.165) is 18.5 Å². The molecule has 1 nitrogen and oxygen atoms in total.